The summed E-state index contributed by atoms with van der Waals surface area (Å²) in [6.45, 7) is 7.05. The highest BCUT2D eigenvalue weighted by Crippen LogP contribution is 2.34. The fourth-order valence-corrected chi connectivity index (χ4v) is 6.42. The van der Waals surface area contributed by atoms with E-state index in [1.165, 1.54) is 12.1 Å². The molecule has 204 valence electrons. The van der Waals surface area contributed by atoms with Crippen LogP contribution in [0.5, 0.6) is 0 Å². The number of fused-ring (bicyclic) bond motifs is 1. The Labute approximate surface area is 232 Å². The molecule has 0 aliphatic carbocycles. The average Bonchev–Trinajstić information content (AvgIpc) is 3.62. The Balaban J connectivity index is 1.22. The minimum Gasteiger partial charge on any atom is -0.367 e. The van der Waals surface area contributed by atoms with Crippen LogP contribution in [-0.4, -0.2) is 71.5 Å². The second-order valence-electron chi connectivity index (χ2n) is 10.3. The minimum absolute atomic E-state index is 0.118. The van der Waals surface area contributed by atoms with Crippen LogP contribution in [0.3, 0.4) is 0 Å². The number of aryl methyl sites for hydroxylation is 1. The number of hydrogen-bond acceptors (Lipinski definition) is 7. The molecule has 6 rings (SSSR count). The van der Waals surface area contributed by atoms with Crippen molar-refractivity contribution >= 4 is 39.5 Å². The van der Waals surface area contributed by atoms with Crippen molar-refractivity contribution in [1.82, 2.24) is 24.6 Å². The Hall–Kier alpha value is -3.50. The van der Waals surface area contributed by atoms with Gasteiger partial charge in [-0.2, -0.15) is 0 Å². The largest absolute Gasteiger partial charge is 0.367 e. The molecular formula is C29H34FN7OS. The van der Waals surface area contributed by atoms with Crippen LogP contribution < -0.4 is 15.1 Å². The smallest absolute Gasteiger partial charge is 0.227 e. The molecule has 8 nitrogen and oxygen atoms in total. The third-order valence-corrected chi connectivity index (χ3v) is 8.74. The molecule has 1 atom stereocenters. The quantitative estimate of drug-likeness (QED) is 0.381. The topological polar surface area (TPSA) is 69.0 Å². The van der Waals surface area contributed by atoms with E-state index in [9.17, 15) is 9.18 Å². The zero-order valence-electron chi connectivity index (χ0n) is 22.4. The molecule has 4 aromatic rings. The molecule has 0 radical (unpaired) electrons. The number of piperazine rings is 1. The molecule has 1 N–H and O–H groups in total. The van der Waals surface area contributed by atoms with Crippen molar-refractivity contribution in [1.29, 1.82) is 0 Å². The fraction of sp³-hybridized carbons (Fsp3) is 0.414. The van der Waals surface area contributed by atoms with Crippen molar-refractivity contribution in [2.24, 2.45) is 5.92 Å². The molecule has 1 amide bonds. The number of benzene rings is 1. The minimum atomic E-state index is -0.255. The molecule has 10 heteroatoms. The molecule has 0 bridgehead atoms. The molecule has 3 aromatic heterocycles. The molecular weight excluding hydrogens is 513 g/mol. The first-order chi connectivity index (χ1) is 19.0. The third-order valence-electron chi connectivity index (χ3n) is 7.82. The number of aromatic nitrogens is 3. The SMILES string of the molecule is CCc1nc2ccc(N3CCN(C(=O)C4CCCNC4)CC3)cn2c1N(C)c1nc(-c2ccc(F)cc2)cs1. The van der Waals surface area contributed by atoms with Crippen LogP contribution in [0.1, 0.15) is 25.5 Å². The summed E-state index contributed by atoms with van der Waals surface area (Å²) >= 11 is 1.56. The second-order valence-corrected chi connectivity index (χ2v) is 11.1. The van der Waals surface area contributed by atoms with Gasteiger partial charge < -0.3 is 20.0 Å². The number of carbonyl (C=O) groups excluding carboxylic acids is 1. The monoisotopic (exact) mass is 547 g/mol. The van der Waals surface area contributed by atoms with Crippen molar-refractivity contribution in [3.05, 3.63) is 59.5 Å². The van der Waals surface area contributed by atoms with Gasteiger partial charge in [0, 0.05) is 56.9 Å². The summed E-state index contributed by atoms with van der Waals surface area (Å²) in [5, 5.41) is 6.21. The van der Waals surface area contributed by atoms with E-state index in [4.69, 9.17) is 9.97 Å². The van der Waals surface area contributed by atoms with Crippen LogP contribution in [0, 0.1) is 11.7 Å². The number of piperidine rings is 1. The van der Waals surface area contributed by atoms with Gasteiger partial charge >= 0.3 is 0 Å². The van der Waals surface area contributed by atoms with Gasteiger partial charge in [0.05, 0.1) is 23.0 Å². The average molecular weight is 548 g/mol. The predicted molar refractivity (Wildman–Crippen MR) is 155 cm³/mol. The summed E-state index contributed by atoms with van der Waals surface area (Å²) < 4.78 is 15.5. The Morgan fingerprint density at radius 2 is 1.92 bits per heavy atom. The Bertz CT molecular complexity index is 1450. The van der Waals surface area contributed by atoms with Crippen LogP contribution in [0.2, 0.25) is 0 Å². The molecule has 2 fully saturated rings. The van der Waals surface area contributed by atoms with E-state index in [2.05, 4.69) is 44.8 Å². The van der Waals surface area contributed by atoms with E-state index in [0.717, 1.165) is 97.8 Å². The zero-order chi connectivity index (χ0) is 26.9. The number of thiazole rings is 1. The van der Waals surface area contributed by atoms with Gasteiger partial charge in [0.1, 0.15) is 17.3 Å². The van der Waals surface area contributed by atoms with Crippen molar-refractivity contribution < 1.29 is 9.18 Å². The number of nitrogens with one attached hydrogen (secondary N) is 1. The number of amides is 1. The summed E-state index contributed by atoms with van der Waals surface area (Å²) in [5.41, 5.74) is 4.73. The maximum atomic E-state index is 13.4. The molecule has 2 aliphatic heterocycles. The van der Waals surface area contributed by atoms with E-state index < -0.39 is 0 Å². The van der Waals surface area contributed by atoms with Crippen LogP contribution in [0.4, 0.5) is 21.0 Å². The first-order valence-electron chi connectivity index (χ1n) is 13.7. The summed E-state index contributed by atoms with van der Waals surface area (Å²) in [5.74, 6) is 1.16. The Morgan fingerprint density at radius 1 is 1.13 bits per heavy atom. The summed E-state index contributed by atoms with van der Waals surface area (Å²) in [6.07, 6.45) is 5.02. The lowest BCUT2D eigenvalue weighted by molar-refractivity contribution is -0.136. The third kappa shape index (κ3) is 5.10. The van der Waals surface area contributed by atoms with Crippen molar-refractivity contribution in [2.45, 2.75) is 26.2 Å². The number of imidazole rings is 1. The van der Waals surface area contributed by atoms with E-state index in [1.54, 1.807) is 23.5 Å². The molecule has 0 spiro atoms. The van der Waals surface area contributed by atoms with Crippen molar-refractivity contribution in [3.8, 4) is 11.3 Å². The molecule has 2 aliphatic rings. The number of halogens is 1. The van der Waals surface area contributed by atoms with Gasteiger partial charge in [-0.05, 0) is 62.2 Å². The van der Waals surface area contributed by atoms with Gasteiger partial charge in [-0.3, -0.25) is 9.20 Å². The molecule has 0 saturated carbocycles. The number of carbonyl (C=O) groups is 1. The van der Waals surface area contributed by atoms with Gasteiger partial charge in [-0.25, -0.2) is 14.4 Å². The van der Waals surface area contributed by atoms with E-state index in [0.29, 0.717) is 5.91 Å². The van der Waals surface area contributed by atoms with E-state index in [-0.39, 0.29) is 11.7 Å². The van der Waals surface area contributed by atoms with Crippen LogP contribution in [0.15, 0.2) is 48.0 Å². The van der Waals surface area contributed by atoms with Crippen molar-refractivity contribution in [3.63, 3.8) is 0 Å². The highest BCUT2D eigenvalue weighted by atomic mass is 32.1. The van der Waals surface area contributed by atoms with Crippen molar-refractivity contribution in [2.75, 3.05) is 56.1 Å². The zero-order valence-corrected chi connectivity index (χ0v) is 23.3. The van der Waals surface area contributed by atoms with Crippen LogP contribution >= 0.6 is 11.3 Å². The first-order valence-corrected chi connectivity index (χ1v) is 14.6. The van der Waals surface area contributed by atoms with Gasteiger partial charge in [-0.15, -0.1) is 11.3 Å². The van der Waals surface area contributed by atoms with E-state index in [1.807, 2.05) is 17.3 Å². The first kappa shape index (κ1) is 25.8. The van der Waals surface area contributed by atoms with Gasteiger partial charge in [0.15, 0.2) is 5.13 Å². The normalized spacial score (nSPS) is 18.1. The molecule has 5 heterocycles. The van der Waals surface area contributed by atoms with Gasteiger partial charge in [-0.1, -0.05) is 6.92 Å². The Morgan fingerprint density at radius 3 is 2.64 bits per heavy atom. The van der Waals surface area contributed by atoms with E-state index >= 15 is 0 Å². The van der Waals surface area contributed by atoms with Gasteiger partial charge in [0.25, 0.3) is 0 Å². The molecule has 39 heavy (non-hydrogen) atoms. The number of rotatable bonds is 6. The van der Waals surface area contributed by atoms with Crippen LogP contribution in [0.25, 0.3) is 16.9 Å². The van der Waals surface area contributed by atoms with Gasteiger partial charge in [0.2, 0.25) is 5.91 Å². The lowest BCUT2D eigenvalue weighted by atomic mass is 9.98. The molecule has 1 aromatic carbocycles. The number of hydrogen-bond donors (Lipinski definition) is 1. The fourth-order valence-electron chi connectivity index (χ4n) is 5.62. The summed E-state index contributed by atoms with van der Waals surface area (Å²) in [6, 6.07) is 10.6. The lowest BCUT2D eigenvalue weighted by Crippen LogP contribution is -2.52. The molecule has 1 unspecified atom stereocenters. The maximum Gasteiger partial charge on any atom is 0.227 e. The number of pyridine rings is 1. The number of nitrogens with zero attached hydrogens (tertiary/aromatic N) is 6. The second kappa shape index (κ2) is 10.9. The summed E-state index contributed by atoms with van der Waals surface area (Å²) in [4.78, 5) is 29.2. The Kier molecular flexibility index (Phi) is 7.22. The predicted octanol–water partition coefficient (Wildman–Crippen LogP) is 4.58. The van der Waals surface area contributed by atoms with Crippen LogP contribution in [-0.2, 0) is 11.2 Å². The highest BCUT2D eigenvalue weighted by molar-refractivity contribution is 7.14. The maximum absolute atomic E-state index is 13.4. The number of anilines is 3. The highest BCUT2D eigenvalue weighted by Gasteiger charge is 2.29. The standard InChI is InChI=1S/C29H34FN7OS/c1-3-24-27(34(2)29-33-25(19-39-29)20-6-8-22(30)9-7-20)37-18-23(10-11-26(37)32-24)35-13-15-36(16-14-35)28(38)21-5-4-12-31-17-21/h6-11,18-19,21,31H,3-5,12-17H2,1-2H3. The summed E-state index contributed by atoms with van der Waals surface area (Å²) in [7, 11) is 2.02. The molecule has 2 saturated heterocycles. The lowest BCUT2D eigenvalue weighted by Gasteiger charge is -2.38.